The molecule has 3 rings (SSSR count). The molecule has 0 saturated heterocycles. The minimum absolute atomic E-state index is 0.131. The first-order chi connectivity index (χ1) is 11.4. The van der Waals surface area contributed by atoms with E-state index in [2.05, 4.69) is 4.72 Å². The van der Waals surface area contributed by atoms with Gasteiger partial charge in [-0.3, -0.25) is 4.79 Å². The summed E-state index contributed by atoms with van der Waals surface area (Å²) in [7, 11) is -2.06. The lowest BCUT2D eigenvalue weighted by Gasteiger charge is -2.31. The normalized spacial score (nSPS) is 17.3. The fraction of sp³-hybridized carbons (Fsp3) is 0.235. The smallest absolute Gasteiger partial charge is 0.269 e. The lowest BCUT2D eigenvalue weighted by molar-refractivity contribution is -0.125. The number of aryl methyl sites for hydroxylation is 1. The molecule has 24 heavy (non-hydrogen) atoms. The molecule has 1 heterocycles. The minimum Gasteiger partial charge on any atom is -0.477 e. The zero-order valence-electron chi connectivity index (χ0n) is 13.4. The topological polar surface area (TPSA) is 75.7 Å². The number of likely N-dealkylation sites (N-methyl/N-ethyl adjacent to an activating group) is 1. The molecule has 0 fully saturated rings. The SMILES string of the molecule is Cc1ccccc1S(=O)(=O)NCC1Oc2ccccc2N(C)C1=O. The molecule has 0 saturated carbocycles. The number of nitrogens with one attached hydrogen (secondary N) is 1. The summed E-state index contributed by atoms with van der Waals surface area (Å²) >= 11 is 0. The van der Waals surface area contributed by atoms with E-state index in [1.807, 2.05) is 6.07 Å². The highest BCUT2D eigenvalue weighted by Crippen LogP contribution is 2.32. The monoisotopic (exact) mass is 346 g/mol. The number of hydrogen-bond acceptors (Lipinski definition) is 4. The van der Waals surface area contributed by atoms with Crippen LogP contribution in [0, 0.1) is 6.92 Å². The van der Waals surface area contributed by atoms with Crippen molar-refractivity contribution in [2.75, 3.05) is 18.5 Å². The van der Waals surface area contributed by atoms with Crippen LogP contribution in [0.2, 0.25) is 0 Å². The van der Waals surface area contributed by atoms with Gasteiger partial charge in [-0.25, -0.2) is 13.1 Å². The zero-order chi connectivity index (χ0) is 17.3. The summed E-state index contributed by atoms with van der Waals surface area (Å²) in [6.45, 7) is 1.59. The second kappa shape index (κ2) is 6.26. The Morgan fingerprint density at radius 1 is 1.12 bits per heavy atom. The highest BCUT2D eigenvalue weighted by atomic mass is 32.2. The lowest BCUT2D eigenvalue weighted by Crippen LogP contribution is -2.49. The molecule has 0 aliphatic carbocycles. The number of amides is 1. The van der Waals surface area contributed by atoms with E-state index in [9.17, 15) is 13.2 Å². The highest BCUT2D eigenvalue weighted by molar-refractivity contribution is 7.89. The van der Waals surface area contributed by atoms with Crippen LogP contribution in [0.4, 0.5) is 5.69 Å². The molecule has 1 amide bonds. The summed E-state index contributed by atoms with van der Waals surface area (Å²) in [6, 6.07) is 13.8. The van der Waals surface area contributed by atoms with Gasteiger partial charge in [0.1, 0.15) is 5.75 Å². The van der Waals surface area contributed by atoms with Crippen molar-refractivity contribution in [2.45, 2.75) is 17.9 Å². The third-order valence-electron chi connectivity index (χ3n) is 3.94. The first-order valence-corrected chi connectivity index (χ1v) is 8.97. The third kappa shape index (κ3) is 3.00. The van der Waals surface area contributed by atoms with Crippen LogP contribution in [0.5, 0.6) is 5.75 Å². The zero-order valence-corrected chi connectivity index (χ0v) is 14.2. The van der Waals surface area contributed by atoms with Gasteiger partial charge in [0, 0.05) is 7.05 Å². The van der Waals surface area contributed by atoms with Crippen molar-refractivity contribution in [2.24, 2.45) is 0 Å². The number of carbonyl (C=O) groups excluding carboxylic acids is 1. The Morgan fingerprint density at radius 3 is 2.54 bits per heavy atom. The van der Waals surface area contributed by atoms with Crippen LogP contribution in [-0.4, -0.2) is 34.0 Å². The molecule has 0 spiro atoms. The summed E-state index contributed by atoms with van der Waals surface area (Å²) in [5.41, 5.74) is 1.31. The van der Waals surface area contributed by atoms with Crippen LogP contribution in [0.15, 0.2) is 53.4 Å². The van der Waals surface area contributed by atoms with Crippen molar-refractivity contribution in [1.29, 1.82) is 0 Å². The van der Waals surface area contributed by atoms with Crippen LogP contribution < -0.4 is 14.4 Å². The van der Waals surface area contributed by atoms with E-state index >= 15 is 0 Å². The van der Waals surface area contributed by atoms with Gasteiger partial charge in [-0.05, 0) is 30.7 Å². The fourth-order valence-electron chi connectivity index (χ4n) is 2.62. The Morgan fingerprint density at radius 2 is 1.79 bits per heavy atom. The molecule has 126 valence electrons. The van der Waals surface area contributed by atoms with E-state index in [0.29, 0.717) is 17.0 Å². The Hall–Kier alpha value is -2.38. The molecule has 0 radical (unpaired) electrons. The van der Waals surface area contributed by atoms with Gasteiger partial charge in [0.25, 0.3) is 5.91 Å². The van der Waals surface area contributed by atoms with E-state index < -0.39 is 16.1 Å². The first kappa shape index (κ1) is 16.5. The molecule has 2 aromatic rings. The average molecular weight is 346 g/mol. The number of nitrogens with zero attached hydrogens (tertiary/aromatic N) is 1. The summed E-state index contributed by atoms with van der Waals surface area (Å²) in [4.78, 5) is 14.0. The van der Waals surface area contributed by atoms with E-state index in [4.69, 9.17) is 4.74 Å². The third-order valence-corrected chi connectivity index (χ3v) is 5.53. The Kier molecular flexibility index (Phi) is 4.29. The molecule has 1 N–H and O–H groups in total. The number of rotatable bonds is 4. The molecule has 1 aliphatic rings. The molecule has 1 aliphatic heterocycles. The van der Waals surface area contributed by atoms with Gasteiger partial charge in [0.05, 0.1) is 17.1 Å². The predicted molar refractivity (Wildman–Crippen MR) is 90.6 cm³/mol. The number of ether oxygens (including phenoxy) is 1. The number of fused-ring (bicyclic) bond motifs is 1. The molecule has 1 unspecified atom stereocenters. The molecule has 0 aromatic heterocycles. The van der Waals surface area contributed by atoms with E-state index in [0.717, 1.165) is 0 Å². The average Bonchev–Trinajstić information content (AvgIpc) is 2.57. The van der Waals surface area contributed by atoms with Crippen molar-refractivity contribution < 1.29 is 17.9 Å². The van der Waals surface area contributed by atoms with Crippen LogP contribution in [-0.2, 0) is 14.8 Å². The summed E-state index contributed by atoms with van der Waals surface area (Å²) < 4.78 is 33.0. The number of carbonyl (C=O) groups is 1. The van der Waals surface area contributed by atoms with E-state index in [-0.39, 0.29) is 17.3 Å². The predicted octanol–water partition coefficient (Wildman–Crippen LogP) is 1.70. The van der Waals surface area contributed by atoms with Crippen molar-refractivity contribution in [3.8, 4) is 5.75 Å². The molecular weight excluding hydrogens is 328 g/mol. The highest BCUT2D eigenvalue weighted by Gasteiger charge is 2.33. The Balaban J connectivity index is 1.78. The van der Waals surface area contributed by atoms with Crippen molar-refractivity contribution in [1.82, 2.24) is 4.72 Å². The number of sulfonamides is 1. The van der Waals surface area contributed by atoms with Gasteiger partial charge in [-0.15, -0.1) is 0 Å². The molecule has 0 bridgehead atoms. The molecular formula is C17H18N2O4S. The van der Waals surface area contributed by atoms with Gasteiger partial charge < -0.3 is 9.64 Å². The van der Waals surface area contributed by atoms with Gasteiger partial charge in [-0.1, -0.05) is 30.3 Å². The number of hydrogen-bond donors (Lipinski definition) is 1. The van der Waals surface area contributed by atoms with Crippen LogP contribution >= 0.6 is 0 Å². The standard InChI is InChI=1S/C17H18N2O4S/c1-12-7-3-6-10-16(12)24(21,22)18-11-15-17(20)19(2)13-8-4-5-9-14(13)23-15/h3-10,15,18H,11H2,1-2H3. The molecule has 6 nitrogen and oxygen atoms in total. The van der Waals surface area contributed by atoms with Crippen LogP contribution in [0.1, 0.15) is 5.56 Å². The number of anilines is 1. The minimum atomic E-state index is -3.71. The van der Waals surface area contributed by atoms with Gasteiger partial charge in [0.2, 0.25) is 10.0 Å². The summed E-state index contributed by atoms with van der Waals surface area (Å²) in [6.07, 6.45) is -0.899. The largest absolute Gasteiger partial charge is 0.477 e. The summed E-state index contributed by atoms with van der Waals surface area (Å²) in [5.74, 6) is 0.265. The Labute approximate surface area is 141 Å². The van der Waals surface area contributed by atoms with Crippen LogP contribution in [0.25, 0.3) is 0 Å². The second-order valence-corrected chi connectivity index (χ2v) is 7.32. The fourth-order valence-corrected chi connectivity index (χ4v) is 3.90. The molecule has 7 heteroatoms. The van der Waals surface area contributed by atoms with Gasteiger partial charge in [-0.2, -0.15) is 0 Å². The first-order valence-electron chi connectivity index (χ1n) is 7.49. The van der Waals surface area contributed by atoms with Crippen molar-refractivity contribution in [3.63, 3.8) is 0 Å². The van der Waals surface area contributed by atoms with Gasteiger partial charge in [0.15, 0.2) is 6.10 Å². The lowest BCUT2D eigenvalue weighted by atomic mass is 10.2. The molecule has 2 aromatic carbocycles. The van der Waals surface area contributed by atoms with Crippen molar-refractivity contribution in [3.05, 3.63) is 54.1 Å². The van der Waals surface area contributed by atoms with Crippen LogP contribution in [0.3, 0.4) is 0 Å². The number of benzene rings is 2. The summed E-state index contributed by atoms with van der Waals surface area (Å²) in [5, 5.41) is 0. The second-order valence-electron chi connectivity index (χ2n) is 5.59. The van der Waals surface area contributed by atoms with Gasteiger partial charge >= 0.3 is 0 Å². The number of para-hydroxylation sites is 2. The quantitative estimate of drug-likeness (QED) is 0.914. The molecule has 1 atom stereocenters. The maximum Gasteiger partial charge on any atom is 0.269 e. The van der Waals surface area contributed by atoms with Crippen molar-refractivity contribution >= 4 is 21.6 Å². The van der Waals surface area contributed by atoms with E-state index in [1.54, 1.807) is 50.4 Å². The maximum absolute atomic E-state index is 12.4. The van der Waals surface area contributed by atoms with E-state index in [1.165, 1.54) is 11.0 Å². The Bertz CT molecular complexity index is 880. The maximum atomic E-state index is 12.4.